The number of para-hydroxylation sites is 2. The van der Waals surface area contributed by atoms with Crippen molar-refractivity contribution in [2.75, 3.05) is 11.5 Å². The third kappa shape index (κ3) is 4.14. The topological polar surface area (TPSA) is 72.6 Å². The van der Waals surface area contributed by atoms with E-state index in [-0.39, 0.29) is 29.0 Å². The SMILES string of the molecule is CCOc1ccccc1C(=O)N(c1nc2ccccn2c1-c1ccnc(Cl)n1)c1c(F)cccc1F. The van der Waals surface area contributed by atoms with Crippen LogP contribution >= 0.6 is 11.6 Å². The number of carbonyl (C=O) groups excluding carboxylic acids is 1. The number of aromatic nitrogens is 4. The van der Waals surface area contributed by atoms with E-state index in [1.807, 2.05) is 0 Å². The van der Waals surface area contributed by atoms with Crippen LogP contribution in [0.3, 0.4) is 0 Å². The maximum atomic E-state index is 15.2. The van der Waals surface area contributed by atoms with Crippen LogP contribution in [-0.4, -0.2) is 31.9 Å². The van der Waals surface area contributed by atoms with Crippen LogP contribution in [0.4, 0.5) is 20.3 Å². The van der Waals surface area contributed by atoms with Gasteiger partial charge in [-0.25, -0.2) is 23.7 Å². The largest absolute Gasteiger partial charge is 0.493 e. The van der Waals surface area contributed by atoms with Crippen LogP contribution in [-0.2, 0) is 0 Å². The molecule has 0 bridgehead atoms. The molecule has 1 amide bonds. The number of carbonyl (C=O) groups is 1. The molecule has 7 nitrogen and oxygen atoms in total. The number of imidazole rings is 1. The fourth-order valence-electron chi connectivity index (χ4n) is 3.90. The standard InChI is InChI=1S/C26H18ClF2N5O2/c1-2-36-20-11-4-3-8-16(20)25(35)34(22-17(28)9-7-10-18(22)29)24-23(19-13-14-30-26(27)31-19)33-15-6-5-12-21(33)32-24/h3-15H,2H2,1H3. The van der Waals surface area contributed by atoms with Crippen molar-refractivity contribution in [1.82, 2.24) is 19.4 Å². The molecule has 0 aliphatic rings. The minimum absolute atomic E-state index is 0.0408. The Morgan fingerprint density at radius 1 is 1.00 bits per heavy atom. The maximum absolute atomic E-state index is 15.2. The molecular weight excluding hydrogens is 488 g/mol. The predicted molar refractivity (Wildman–Crippen MR) is 132 cm³/mol. The molecule has 3 aromatic heterocycles. The molecular formula is C26H18ClF2N5O2. The summed E-state index contributed by atoms with van der Waals surface area (Å²) in [6.07, 6.45) is 3.14. The molecule has 2 aromatic carbocycles. The number of nitrogens with zero attached hydrogens (tertiary/aromatic N) is 5. The van der Waals surface area contributed by atoms with E-state index in [2.05, 4.69) is 15.0 Å². The van der Waals surface area contributed by atoms with Crippen molar-refractivity contribution >= 4 is 34.7 Å². The summed E-state index contributed by atoms with van der Waals surface area (Å²) in [5, 5.41) is -0.0408. The first-order chi connectivity index (χ1) is 17.5. The lowest BCUT2D eigenvalue weighted by Gasteiger charge is -2.24. The number of hydrogen-bond acceptors (Lipinski definition) is 5. The summed E-state index contributed by atoms with van der Waals surface area (Å²) < 4.78 is 37.7. The highest BCUT2D eigenvalue weighted by Crippen LogP contribution is 2.39. The second kappa shape index (κ2) is 9.71. The van der Waals surface area contributed by atoms with Crippen molar-refractivity contribution in [3.63, 3.8) is 0 Å². The smallest absolute Gasteiger partial charge is 0.268 e. The first kappa shape index (κ1) is 23.4. The van der Waals surface area contributed by atoms with E-state index in [1.54, 1.807) is 60.0 Å². The number of anilines is 2. The molecule has 0 spiro atoms. The zero-order valence-electron chi connectivity index (χ0n) is 18.9. The number of pyridine rings is 1. The van der Waals surface area contributed by atoms with Gasteiger partial charge in [0.05, 0.1) is 17.9 Å². The Labute approximate surface area is 209 Å². The number of amides is 1. The van der Waals surface area contributed by atoms with Gasteiger partial charge in [0.25, 0.3) is 5.91 Å². The fraction of sp³-hybridized carbons (Fsp3) is 0.0769. The predicted octanol–water partition coefficient (Wildman–Crippen LogP) is 6.10. The Morgan fingerprint density at radius 3 is 2.50 bits per heavy atom. The highest BCUT2D eigenvalue weighted by molar-refractivity contribution is 6.28. The van der Waals surface area contributed by atoms with Crippen LogP contribution in [0.15, 0.2) is 79.1 Å². The first-order valence-electron chi connectivity index (χ1n) is 11.0. The van der Waals surface area contributed by atoms with Crippen molar-refractivity contribution in [1.29, 1.82) is 0 Å². The van der Waals surface area contributed by atoms with Gasteiger partial charge in [-0.15, -0.1) is 0 Å². The number of halogens is 3. The molecule has 0 saturated heterocycles. The molecule has 0 aliphatic carbocycles. The van der Waals surface area contributed by atoms with Crippen molar-refractivity contribution < 1.29 is 18.3 Å². The van der Waals surface area contributed by atoms with Gasteiger partial charge in [0.2, 0.25) is 5.28 Å². The lowest BCUT2D eigenvalue weighted by molar-refractivity contribution is 0.0993. The normalized spacial score (nSPS) is 11.0. The maximum Gasteiger partial charge on any atom is 0.268 e. The summed E-state index contributed by atoms with van der Waals surface area (Å²) >= 11 is 6.06. The zero-order chi connectivity index (χ0) is 25.2. The number of rotatable bonds is 6. The number of benzene rings is 2. The molecule has 180 valence electrons. The lowest BCUT2D eigenvalue weighted by atomic mass is 10.1. The minimum Gasteiger partial charge on any atom is -0.493 e. The molecule has 5 aromatic rings. The van der Waals surface area contributed by atoms with Gasteiger partial charge in [0, 0.05) is 12.4 Å². The molecule has 36 heavy (non-hydrogen) atoms. The molecule has 0 saturated carbocycles. The Balaban J connectivity index is 1.84. The van der Waals surface area contributed by atoms with Gasteiger partial charge < -0.3 is 4.74 Å². The van der Waals surface area contributed by atoms with Crippen LogP contribution in [0.2, 0.25) is 5.28 Å². The zero-order valence-corrected chi connectivity index (χ0v) is 19.7. The quantitative estimate of drug-likeness (QED) is 0.261. The summed E-state index contributed by atoms with van der Waals surface area (Å²) in [5.74, 6) is -2.41. The molecule has 0 radical (unpaired) electrons. The minimum atomic E-state index is -0.944. The first-order valence-corrected chi connectivity index (χ1v) is 11.3. The van der Waals surface area contributed by atoms with E-state index in [0.717, 1.165) is 17.0 Å². The van der Waals surface area contributed by atoms with Gasteiger partial charge in [-0.05, 0) is 61.0 Å². The average Bonchev–Trinajstić information content (AvgIpc) is 3.25. The van der Waals surface area contributed by atoms with Crippen LogP contribution in [0, 0.1) is 11.6 Å². The Bertz CT molecular complexity index is 1570. The van der Waals surface area contributed by atoms with Gasteiger partial charge >= 0.3 is 0 Å². The highest BCUT2D eigenvalue weighted by atomic mass is 35.5. The van der Waals surface area contributed by atoms with Gasteiger partial charge in [-0.1, -0.05) is 24.3 Å². The Hall–Kier alpha value is -4.37. The molecule has 0 N–H and O–H groups in total. The molecule has 0 unspecified atom stereocenters. The van der Waals surface area contributed by atoms with Gasteiger partial charge in [-0.3, -0.25) is 14.1 Å². The van der Waals surface area contributed by atoms with E-state index < -0.39 is 23.2 Å². The van der Waals surface area contributed by atoms with Crippen molar-refractivity contribution in [3.8, 4) is 17.1 Å². The van der Waals surface area contributed by atoms with Crippen molar-refractivity contribution in [2.45, 2.75) is 6.92 Å². The summed E-state index contributed by atoms with van der Waals surface area (Å²) in [4.78, 5) is 27.8. The van der Waals surface area contributed by atoms with Gasteiger partial charge in [0.1, 0.15) is 34.4 Å². The van der Waals surface area contributed by atoms with E-state index in [1.165, 1.54) is 18.3 Å². The highest BCUT2D eigenvalue weighted by Gasteiger charge is 2.33. The monoisotopic (exact) mass is 505 g/mol. The summed E-state index contributed by atoms with van der Waals surface area (Å²) in [6.45, 7) is 2.06. The summed E-state index contributed by atoms with van der Waals surface area (Å²) in [5.41, 5.74) is 0.533. The van der Waals surface area contributed by atoms with Crippen molar-refractivity contribution in [3.05, 3.63) is 102 Å². The third-order valence-corrected chi connectivity index (χ3v) is 5.56. The molecule has 0 aliphatic heterocycles. The molecule has 3 heterocycles. The van der Waals surface area contributed by atoms with Gasteiger partial charge in [0.15, 0.2) is 5.82 Å². The van der Waals surface area contributed by atoms with Gasteiger partial charge in [-0.2, -0.15) is 0 Å². The van der Waals surface area contributed by atoms with Crippen LogP contribution in [0.1, 0.15) is 17.3 Å². The van der Waals surface area contributed by atoms with Crippen molar-refractivity contribution in [2.24, 2.45) is 0 Å². The Kier molecular flexibility index (Phi) is 6.30. The fourth-order valence-corrected chi connectivity index (χ4v) is 4.04. The lowest BCUT2D eigenvalue weighted by Crippen LogP contribution is -2.29. The van der Waals surface area contributed by atoms with E-state index >= 15 is 8.78 Å². The molecule has 0 atom stereocenters. The average molecular weight is 506 g/mol. The van der Waals surface area contributed by atoms with E-state index in [9.17, 15) is 4.79 Å². The number of ether oxygens (including phenoxy) is 1. The summed E-state index contributed by atoms with van der Waals surface area (Å²) in [7, 11) is 0. The second-order valence-corrected chi connectivity index (χ2v) is 7.90. The number of fused-ring (bicyclic) bond motifs is 1. The summed E-state index contributed by atoms with van der Waals surface area (Å²) in [6, 6.07) is 16.6. The van der Waals surface area contributed by atoms with E-state index in [0.29, 0.717) is 17.0 Å². The Morgan fingerprint density at radius 2 is 1.75 bits per heavy atom. The molecule has 0 fully saturated rings. The van der Waals surface area contributed by atoms with Crippen LogP contribution < -0.4 is 9.64 Å². The second-order valence-electron chi connectivity index (χ2n) is 7.56. The van der Waals surface area contributed by atoms with Crippen LogP contribution in [0.25, 0.3) is 17.0 Å². The van der Waals surface area contributed by atoms with Crippen LogP contribution in [0.5, 0.6) is 5.75 Å². The van der Waals surface area contributed by atoms with E-state index in [4.69, 9.17) is 16.3 Å². The molecule has 5 rings (SSSR count). The molecule has 10 heteroatoms. The number of hydrogen-bond donors (Lipinski definition) is 0. The third-order valence-electron chi connectivity index (χ3n) is 5.37.